The van der Waals surface area contributed by atoms with Crippen LogP contribution in [-0.2, 0) is 4.74 Å². The standard InChI is InChI=1S/C19H37NO/c1-15-12-16(14-18(5,6)13-15)21-19(8-7-9-19)10-11-20-17(2,3)4/h15-16,20H,7-14H2,1-6H3. The topological polar surface area (TPSA) is 21.3 Å². The quantitative estimate of drug-likeness (QED) is 0.777. The molecular weight excluding hydrogens is 258 g/mol. The van der Waals surface area contributed by atoms with Crippen LogP contribution in [-0.4, -0.2) is 23.8 Å². The molecule has 0 aromatic carbocycles. The Balaban J connectivity index is 1.86. The van der Waals surface area contributed by atoms with Gasteiger partial charge in [-0.1, -0.05) is 20.8 Å². The lowest BCUT2D eigenvalue weighted by Gasteiger charge is -2.48. The first-order valence-corrected chi connectivity index (χ1v) is 9.02. The van der Waals surface area contributed by atoms with E-state index in [1.165, 1.54) is 44.9 Å². The van der Waals surface area contributed by atoms with E-state index in [-0.39, 0.29) is 11.1 Å². The molecule has 124 valence electrons. The Morgan fingerprint density at radius 3 is 2.29 bits per heavy atom. The minimum Gasteiger partial charge on any atom is -0.372 e. The van der Waals surface area contributed by atoms with Gasteiger partial charge in [-0.15, -0.1) is 0 Å². The highest BCUT2D eigenvalue weighted by Gasteiger charge is 2.42. The lowest BCUT2D eigenvalue weighted by molar-refractivity contribution is -0.166. The molecule has 2 fully saturated rings. The van der Waals surface area contributed by atoms with E-state index in [0.717, 1.165) is 12.5 Å². The van der Waals surface area contributed by atoms with Gasteiger partial charge in [-0.25, -0.2) is 0 Å². The van der Waals surface area contributed by atoms with Crippen molar-refractivity contribution in [1.29, 1.82) is 0 Å². The van der Waals surface area contributed by atoms with Crippen molar-refractivity contribution >= 4 is 0 Å². The van der Waals surface area contributed by atoms with E-state index >= 15 is 0 Å². The number of ether oxygens (including phenoxy) is 1. The van der Waals surface area contributed by atoms with Gasteiger partial charge in [-0.3, -0.25) is 0 Å². The molecule has 21 heavy (non-hydrogen) atoms. The largest absolute Gasteiger partial charge is 0.372 e. The summed E-state index contributed by atoms with van der Waals surface area (Å²) in [5.74, 6) is 0.809. The maximum Gasteiger partial charge on any atom is 0.0698 e. The van der Waals surface area contributed by atoms with Gasteiger partial charge in [0.05, 0.1) is 11.7 Å². The van der Waals surface area contributed by atoms with Gasteiger partial charge in [0.25, 0.3) is 0 Å². The Morgan fingerprint density at radius 2 is 1.81 bits per heavy atom. The van der Waals surface area contributed by atoms with Crippen LogP contribution in [0, 0.1) is 11.3 Å². The Kier molecular flexibility index (Phi) is 5.10. The van der Waals surface area contributed by atoms with E-state index in [0.29, 0.717) is 11.5 Å². The number of hydrogen-bond acceptors (Lipinski definition) is 2. The van der Waals surface area contributed by atoms with E-state index in [1.54, 1.807) is 0 Å². The van der Waals surface area contributed by atoms with Crippen molar-refractivity contribution in [2.75, 3.05) is 6.54 Å². The molecule has 2 unspecified atom stereocenters. The second-order valence-electron chi connectivity index (χ2n) is 9.62. The smallest absolute Gasteiger partial charge is 0.0698 e. The van der Waals surface area contributed by atoms with Gasteiger partial charge >= 0.3 is 0 Å². The zero-order valence-corrected chi connectivity index (χ0v) is 15.2. The normalized spacial score (nSPS) is 31.7. The van der Waals surface area contributed by atoms with Crippen LogP contribution in [0.3, 0.4) is 0 Å². The Bertz CT molecular complexity index is 338. The zero-order valence-electron chi connectivity index (χ0n) is 15.2. The molecule has 0 spiro atoms. The fraction of sp³-hybridized carbons (Fsp3) is 1.00. The van der Waals surface area contributed by atoms with Crippen molar-refractivity contribution < 1.29 is 4.74 Å². The predicted molar refractivity (Wildman–Crippen MR) is 90.6 cm³/mol. The fourth-order valence-corrected chi connectivity index (χ4v) is 4.36. The second kappa shape index (κ2) is 6.20. The number of rotatable bonds is 5. The third-order valence-electron chi connectivity index (χ3n) is 5.26. The average Bonchev–Trinajstić information content (AvgIpc) is 2.20. The molecule has 1 N–H and O–H groups in total. The van der Waals surface area contributed by atoms with Crippen molar-refractivity contribution in [3.8, 4) is 0 Å². The number of nitrogens with one attached hydrogen (secondary N) is 1. The molecule has 2 aliphatic carbocycles. The minimum absolute atomic E-state index is 0.191. The van der Waals surface area contributed by atoms with Gasteiger partial charge < -0.3 is 10.1 Å². The predicted octanol–water partition coefficient (Wildman–Crippen LogP) is 4.92. The van der Waals surface area contributed by atoms with Gasteiger partial charge in [0.1, 0.15) is 0 Å². The van der Waals surface area contributed by atoms with E-state index in [9.17, 15) is 0 Å². The molecule has 0 amide bonds. The molecule has 2 heteroatoms. The van der Waals surface area contributed by atoms with Crippen molar-refractivity contribution in [3.05, 3.63) is 0 Å². The third-order valence-corrected chi connectivity index (χ3v) is 5.26. The monoisotopic (exact) mass is 295 g/mol. The van der Waals surface area contributed by atoms with Gasteiger partial charge in [0.2, 0.25) is 0 Å². The van der Waals surface area contributed by atoms with Crippen LogP contribution >= 0.6 is 0 Å². The van der Waals surface area contributed by atoms with E-state index in [1.807, 2.05) is 0 Å². The molecule has 0 aliphatic heterocycles. The van der Waals surface area contributed by atoms with Gasteiger partial charge in [-0.2, -0.15) is 0 Å². The summed E-state index contributed by atoms with van der Waals surface area (Å²) in [6, 6.07) is 0. The highest BCUT2D eigenvalue weighted by molar-refractivity contribution is 4.94. The summed E-state index contributed by atoms with van der Waals surface area (Å²) < 4.78 is 6.70. The lowest BCUT2D eigenvalue weighted by Crippen LogP contribution is -2.48. The minimum atomic E-state index is 0.191. The average molecular weight is 296 g/mol. The Morgan fingerprint density at radius 1 is 1.14 bits per heavy atom. The first kappa shape index (κ1) is 17.3. The van der Waals surface area contributed by atoms with Crippen LogP contribution in [0.4, 0.5) is 0 Å². The van der Waals surface area contributed by atoms with Gasteiger partial charge in [-0.05, 0) is 83.6 Å². The van der Waals surface area contributed by atoms with E-state index < -0.39 is 0 Å². The molecule has 2 aliphatic rings. The molecule has 0 heterocycles. The zero-order chi connectivity index (χ0) is 15.7. The highest BCUT2D eigenvalue weighted by atomic mass is 16.5. The summed E-state index contributed by atoms with van der Waals surface area (Å²) in [5, 5.41) is 3.63. The van der Waals surface area contributed by atoms with Crippen LogP contribution in [0.2, 0.25) is 0 Å². The van der Waals surface area contributed by atoms with Crippen LogP contribution in [0.5, 0.6) is 0 Å². The Labute approximate surface area is 132 Å². The lowest BCUT2D eigenvalue weighted by atomic mass is 9.70. The van der Waals surface area contributed by atoms with E-state index in [4.69, 9.17) is 4.74 Å². The summed E-state index contributed by atoms with van der Waals surface area (Å²) in [5.41, 5.74) is 0.860. The molecule has 2 rings (SSSR count). The summed E-state index contributed by atoms with van der Waals surface area (Å²) >= 11 is 0. The molecule has 0 aromatic heterocycles. The van der Waals surface area contributed by atoms with E-state index in [2.05, 4.69) is 46.9 Å². The molecule has 0 radical (unpaired) electrons. The maximum atomic E-state index is 6.70. The maximum absolute atomic E-state index is 6.70. The van der Waals surface area contributed by atoms with Crippen LogP contribution in [0.15, 0.2) is 0 Å². The van der Waals surface area contributed by atoms with Crippen molar-refractivity contribution in [2.24, 2.45) is 11.3 Å². The van der Waals surface area contributed by atoms with Crippen molar-refractivity contribution in [3.63, 3.8) is 0 Å². The molecule has 0 aromatic rings. The summed E-state index contributed by atoms with van der Waals surface area (Å²) in [7, 11) is 0. The first-order chi connectivity index (χ1) is 9.59. The van der Waals surface area contributed by atoms with Crippen LogP contribution in [0.1, 0.15) is 86.5 Å². The molecule has 2 saturated carbocycles. The Hall–Kier alpha value is -0.0800. The fourth-order valence-electron chi connectivity index (χ4n) is 4.36. The second-order valence-corrected chi connectivity index (χ2v) is 9.62. The molecule has 2 atom stereocenters. The summed E-state index contributed by atoms with van der Waals surface area (Å²) in [6.07, 6.45) is 9.40. The number of hydrogen-bond donors (Lipinski definition) is 1. The molecule has 0 saturated heterocycles. The first-order valence-electron chi connectivity index (χ1n) is 9.02. The van der Waals surface area contributed by atoms with Crippen LogP contribution in [0.25, 0.3) is 0 Å². The van der Waals surface area contributed by atoms with Crippen molar-refractivity contribution in [1.82, 2.24) is 5.32 Å². The summed E-state index contributed by atoms with van der Waals surface area (Å²) in [4.78, 5) is 0. The third kappa shape index (κ3) is 5.25. The SMILES string of the molecule is CC1CC(OC2(CCNC(C)(C)C)CCC2)CC(C)(C)C1. The summed E-state index contributed by atoms with van der Waals surface area (Å²) in [6.45, 7) is 15.0. The highest BCUT2D eigenvalue weighted by Crippen LogP contribution is 2.45. The molecule has 0 bridgehead atoms. The van der Waals surface area contributed by atoms with Gasteiger partial charge in [0, 0.05) is 5.54 Å². The van der Waals surface area contributed by atoms with Gasteiger partial charge in [0.15, 0.2) is 0 Å². The van der Waals surface area contributed by atoms with Crippen LogP contribution < -0.4 is 5.32 Å². The molecular formula is C19H37NO. The molecule has 2 nitrogen and oxygen atoms in total. The van der Waals surface area contributed by atoms with Crippen molar-refractivity contribution in [2.45, 2.75) is 104 Å².